The van der Waals surface area contributed by atoms with E-state index in [0.29, 0.717) is 5.92 Å². The smallest absolute Gasteiger partial charge is 0.0686 e. The highest BCUT2D eigenvalue weighted by atomic mass is 14.4. The fourth-order valence-corrected chi connectivity index (χ4v) is 1.74. The van der Waals surface area contributed by atoms with Crippen LogP contribution in [-0.4, -0.2) is 0 Å². The molecule has 0 amide bonds. The van der Waals surface area contributed by atoms with E-state index in [1.807, 2.05) is 0 Å². The molecule has 1 saturated carbocycles. The zero-order valence-electron chi connectivity index (χ0n) is 6.85. The summed E-state index contributed by atoms with van der Waals surface area (Å²) in [7, 11) is 0. The predicted octanol–water partition coefficient (Wildman–Crippen LogP) is 2.73. The number of rotatable bonds is 1. The van der Waals surface area contributed by atoms with Crippen LogP contribution in [0.15, 0.2) is 0 Å². The van der Waals surface area contributed by atoms with Crippen LogP contribution in [0.5, 0.6) is 0 Å². The molecule has 10 heavy (non-hydrogen) atoms. The maximum Gasteiger partial charge on any atom is 0.0686 e. The van der Waals surface area contributed by atoms with Gasteiger partial charge in [0, 0.05) is 0 Å². The maximum atomic E-state index is 8.80. The molecule has 0 heterocycles. The molecule has 0 aromatic heterocycles. The Kier molecular flexibility index (Phi) is 1.99. The van der Waals surface area contributed by atoms with Gasteiger partial charge >= 0.3 is 0 Å². The minimum absolute atomic E-state index is 0.0729. The van der Waals surface area contributed by atoms with Crippen LogP contribution in [0.1, 0.15) is 39.5 Å². The summed E-state index contributed by atoms with van der Waals surface area (Å²) in [6.07, 6.45) is 5.19. The van der Waals surface area contributed by atoms with Gasteiger partial charge in [-0.05, 0) is 32.6 Å². The monoisotopic (exact) mass is 137 g/mol. The number of nitrogens with zero attached hydrogens (tertiary/aromatic N) is 1. The molecule has 0 saturated heterocycles. The average molecular weight is 137 g/mol. The van der Waals surface area contributed by atoms with E-state index >= 15 is 0 Å². The molecule has 1 aliphatic rings. The third-order valence-electron chi connectivity index (χ3n) is 2.66. The lowest BCUT2D eigenvalue weighted by molar-refractivity contribution is 0.300. The molecule has 0 N–H and O–H groups in total. The zero-order chi connectivity index (χ0) is 7.61. The van der Waals surface area contributed by atoms with Gasteiger partial charge in [0.15, 0.2) is 0 Å². The van der Waals surface area contributed by atoms with Crippen molar-refractivity contribution in [1.82, 2.24) is 0 Å². The van der Waals surface area contributed by atoms with Gasteiger partial charge in [-0.25, -0.2) is 0 Å². The molecule has 1 rings (SSSR count). The molecule has 1 heteroatoms. The van der Waals surface area contributed by atoms with Gasteiger partial charge in [0.25, 0.3) is 0 Å². The van der Waals surface area contributed by atoms with Crippen LogP contribution in [0.2, 0.25) is 0 Å². The van der Waals surface area contributed by atoms with Crippen molar-refractivity contribution in [2.24, 2.45) is 11.3 Å². The summed E-state index contributed by atoms with van der Waals surface area (Å²) in [5.74, 6) is 0.664. The fourth-order valence-electron chi connectivity index (χ4n) is 1.74. The number of hydrogen-bond donors (Lipinski definition) is 0. The van der Waals surface area contributed by atoms with Crippen molar-refractivity contribution in [2.75, 3.05) is 0 Å². The van der Waals surface area contributed by atoms with Crippen LogP contribution in [0, 0.1) is 22.7 Å². The van der Waals surface area contributed by atoms with Gasteiger partial charge in [0.2, 0.25) is 0 Å². The molecule has 0 aromatic rings. The molecule has 0 unspecified atom stereocenters. The van der Waals surface area contributed by atoms with Crippen molar-refractivity contribution < 1.29 is 0 Å². The number of hydrogen-bond acceptors (Lipinski definition) is 1. The second-order valence-corrected chi connectivity index (χ2v) is 3.81. The second-order valence-electron chi connectivity index (χ2n) is 3.81. The summed E-state index contributed by atoms with van der Waals surface area (Å²) in [6, 6.07) is 2.38. The lowest BCUT2D eigenvalue weighted by atomic mass is 9.79. The van der Waals surface area contributed by atoms with Crippen LogP contribution in [-0.2, 0) is 0 Å². The van der Waals surface area contributed by atoms with Gasteiger partial charge < -0.3 is 0 Å². The largest absolute Gasteiger partial charge is 0.198 e. The highest BCUT2D eigenvalue weighted by molar-refractivity contribution is 4.97. The Morgan fingerprint density at radius 3 is 2.20 bits per heavy atom. The Balaban J connectivity index is 2.56. The first kappa shape index (κ1) is 7.60. The van der Waals surface area contributed by atoms with Crippen LogP contribution in [0.3, 0.4) is 0 Å². The predicted molar refractivity (Wildman–Crippen MR) is 41.4 cm³/mol. The van der Waals surface area contributed by atoms with Crippen molar-refractivity contribution in [3.63, 3.8) is 0 Å². The molecular weight excluding hydrogens is 122 g/mol. The fraction of sp³-hybridized carbons (Fsp3) is 0.889. The minimum Gasteiger partial charge on any atom is -0.198 e. The van der Waals surface area contributed by atoms with E-state index in [-0.39, 0.29) is 5.41 Å². The third-order valence-corrected chi connectivity index (χ3v) is 2.66. The first-order chi connectivity index (χ1) is 4.67. The molecule has 1 aliphatic carbocycles. The molecule has 1 nitrogen and oxygen atoms in total. The molecule has 1 fully saturated rings. The Morgan fingerprint density at radius 2 is 1.80 bits per heavy atom. The summed E-state index contributed by atoms with van der Waals surface area (Å²) in [6.45, 7) is 4.12. The summed E-state index contributed by atoms with van der Waals surface area (Å²) < 4.78 is 0. The summed E-state index contributed by atoms with van der Waals surface area (Å²) in [4.78, 5) is 0. The second kappa shape index (κ2) is 2.62. The molecule has 0 bridgehead atoms. The Bertz CT molecular complexity index is 147. The van der Waals surface area contributed by atoms with Gasteiger partial charge in [-0.2, -0.15) is 5.26 Å². The average Bonchev–Trinajstić information content (AvgIpc) is 2.38. The lowest BCUT2D eigenvalue weighted by Gasteiger charge is -2.22. The highest BCUT2D eigenvalue weighted by Gasteiger charge is 2.31. The lowest BCUT2D eigenvalue weighted by Crippen LogP contribution is -2.18. The first-order valence-electron chi connectivity index (χ1n) is 4.08. The van der Waals surface area contributed by atoms with E-state index < -0.39 is 0 Å². The number of nitriles is 1. The molecule has 0 aliphatic heterocycles. The molecule has 56 valence electrons. The van der Waals surface area contributed by atoms with Crippen molar-refractivity contribution in [3.05, 3.63) is 0 Å². The van der Waals surface area contributed by atoms with Gasteiger partial charge in [-0.1, -0.05) is 12.8 Å². The summed E-state index contributed by atoms with van der Waals surface area (Å²) >= 11 is 0. The standard InChI is InChI=1S/C9H15N/c1-9(2,7-10)8-5-3-4-6-8/h8H,3-6H2,1-2H3. The van der Waals surface area contributed by atoms with Crippen molar-refractivity contribution >= 4 is 0 Å². The molecule has 0 radical (unpaired) electrons. The van der Waals surface area contributed by atoms with Gasteiger partial charge in [-0.3, -0.25) is 0 Å². The van der Waals surface area contributed by atoms with Crippen molar-refractivity contribution in [2.45, 2.75) is 39.5 Å². The Hall–Kier alpha value is -0.510. The van der Waals surface area contributed by atoms with Gasteiger partial charge in [0.1, 0.15) is 0 Å². The highest BCUT2D eigenvalue weighted by Crippen LogP contribution is 2.38. The van der Waals surface area contributed by atoms with E-state index in [9.17, 15) is 0 Å². The SMILES string of the molecule is CC(C)(C#N)C1CCCC1. The molecule has 0 aromatic carbocycles. The van der Waals surface area contributed by atoms with Crippen LogP contribution in [0.25, 0.3) is 0 Å². The van der Waals surface area contributed by atoms with E-state index in [4.69, 9.17) is 5.26 Å². The van der Waals surface area contributed by atoms with Crippen LogP contribution >= 0.6 is 0 Å². The van der Waals surface area contributed by atoms with Gasteiger partial charge in [-0.15, -0.1) is 0 Å². The minimum atomic E-state index is -0.0729. The van der Waals surface area contributed by atoms with Gasteiger partial charge in [0.05, 0.1) is 11.5 Å². The summed E-state index contributed by atoms with van der Waals surface area (Å²) in [5.41, 5.74) is -0.0729. The molecule has 0 spiro atoms. The summed E-state index contributed by atoms with van der Waals surface area (Å²) in [5, 5.41) is 8.80. The normalized spacial score (nSPS) is 20.9. The Labute approximate surface area is 63.0 Å². The first-order valence-corrected chi connectivity index (χ1v) is 4.08. The van der Waals surface area contributed by atoms with Crippen molar-refractivity contribution in [1.29, 1.82) is 5.26 Å². The molecular formula is C9H15N. The zero-order valence-corrected chi connectivity index (χ0v) is 6.85. The van der Waals surface area contributed by atoms with E-state index in [2.05, 4.69) is 19.9 Å². The van der Waals surface area contributed by atoms with E-state index in [1.54, 1.807) is 0 Å². The maximum absolute atomic E-state index is 8.80. The quantitative estimate of drug-likeness (QED) is 0.545. The molecule has 0 atom stereocenters. The van der Waals surface area contributed by atoms with Crippen LogP contribution in [0.4, 0.5) is 0 Å². The third kappa shape index (κ3) is 1.31. The topological polar surface area (TPSA) is 23.8 Å². The van der Waals surface area contributed by atoms with Crippen molar-refractivity contribution in [3.8, 4) is 6.07 Å². The Morgan fingerprint density at radius 1 is 1.30 bits per heavy atom. The van der Waals surface area contributed by atoms with E-state index in [1.165, 1.54) is 25.7 Å². The van der Waals surface area contributed by atoms with Crippen LogP contribution < -0.4 is 0 Å². The van der Waals surface area contributed by atoms with E-state index in [0.717, 1.165) is 0 Å².